The average Bonchev–Trinajstić information content (AvgIpc) is 2.91. The van der Waals surface area contributed by atoms with Crippen molar-refractivity contribution in [1.82, 2.24) is 20.1 Å². The Bertz CT molecular complexity index is 662. The number of benzene rings is 1. The minimum Gasteiger partial charge on any atom is -0.496 e. The van der Waals surface area contributed by atoms with E-state index >= 15 is 0 Å². The minimum absolute atomic E-state index is 0.455. The lowest BCUT2D eigenvalue weighted by Gasteiger charge is -2.23. The number of fused-ring (bicyclic) bond motifs is 1. The molecule has 0 fully saturated rings. The molecule has 1 aliphatic heterocycles. The summed E-state index contributed by atoms with van der Waals surface area (Å²) in [6.07, 6.45) is 6.34. The molecule has 0 amide bonds. The Morgan fingerprint density at radius 1 is 1.41 bits per heavy atom. The van der Waals surface area contributed by atoms with Crippen LogP contribution >= 0.6 is 0 Å². The minimum atomic E-state index is 0.455. The number of para-hydroxylation sites is 1. The lowest BCUT2D eigenvalue weighted by Crippen LogP contribution is -2.37. The molecule has 0 unspecified atom stereocenters. The Balaban J connectivity index is 1.52. The van der Waals surface area contributed by atoms with Gasteiger partial charge >= 0.3 is 0 Å². The van der Waals surface area contributed by atoms with Gasteiger partial charge in [0.2, 0.25) is 0 Å². The van der Waals surface area contributed by atoms with Gasteiger partial charge in [0.15, 0.2) is 0 Å². The number of hydrogen-bond acceptors (Lipinski definition) is 4. The van der Waals surface area contributed by atoms with E-state index in [-0.39, 0.29) is 0 Å². The fraction of sp³-hybridized carbons (Fsp3) is 0.412. The Labute approximate surface area is 131 Å². The van der Waals surface area contributed by atoms with Crippen LogP contribution in [0, 0.1) is 6.92 Å². The molecule has 0 radical (unpaired) electrons. The Morgan fingerprint density at radius 3 is 3.14 bits per heavy atom. The SMILES string of the molecule is COc1ccccc1/C=C\CN[C@@H]1CCc2nc(C)nn2C1. The Hall–Kier alpha value is -2.14. The Kier molecular flexibility index (Phi) is 4.53. The molecule has 3 rings (SSSR count). The van der Waals surface area contributed by atoms with Crippen LogP contribution in [0.15, 0.2) is 30.3 Å². The van der Waals surface area contributed by atoms with E-state index in [0.29, 0.717) is 6.04 Å². The topological polar surface area (TPSA) is 52.0 Å². The average molecular weight is 298 g/mol. The van der Waals surface area contributed by atoms with Crippen LogP contribution in [-0.4, -0.2) is 34.5 Å². The van der Waals surface area contributed by atoms with Gasteiger partial charge in [0.1, 0.15) is 17.4 Å². The number of rotatable bonds is 5. The molecule has 0 bridgehead atoms. The van der Waals surface area contributed by atoms with Crippen molar-refractivity contribution >= 4 is 6.08 Å². The van der Waals surface area contributed by atoms with Crippen LogP contribution in [-0.2, 0) is 13.0 Å². The first kappa shape index (κ1) is 14.8. The molecular formula is C17H22N4O. The monoisotopic (exact) mass is 298 g/mol. The number of aromatic nitrogens is 3. The number of nitrogens with one attached hydrogen (secondary N) is 1. The summed E-state index contributed by atoms with van der Waals surface area (Å²) in [6.45, 7) is 3.69. The molecule has 22 heavy (non-hydrogen) atoms. The van der Waals surface area contributed by atoms with E-state index < -0.39 is 0 Å². The van der Waals surface area contributed by atoms with Gasteiger partial charge in [-0.15, -0.1) is 0 Å². The number of aryl methyl sites for hydroxylation is 2. The molecule has 5 heteroatoms. The molecule has 0 aliphatic carbocycles. The second kappa shape index (κ2) is 6.75. The molecular weight excluding hydrogens is 276 g/mol. The molecule has 0 saturated carbocycles. The van der Waals surface area contributed by atoms with Crippen LogP contribution < -0.4 is 10.1 Å². The first-order valence-corrected chi connectivity index (χ1v) is 7.69. The van der Waals surface area contributed by atoms with Crippen molar-refractivity contribution in [3.8, 4) is 5.75 Å². The van der Waals surface area contributed by atoms with Crippen molar-refractivity contribution in [1.29, 1.82) is 0 Å². The molecule has 2 heterocycles. The van der Waals surface area contributed by atoms with Crippen molar-refractivity contribution < 1.29 is 4.74 Å². The molecule has 0 saturated heterocycles. The summed E-state index contributed by atoms with van der Waals surface area (Å²) < 4.78 is 7.37. The fourth-order valence-electron chi connectivity index (χ4n) is 2.83. The molecule has 1 N–H and O–H groups in total. The van der Waals surface area contributed by atoms with Gasteiger partial charge in [0.05, 0.1) is 13.7 Å². The van der Waals surface area contributed by atoms with Crippen LogP contribution in [0.2, 0.25) is 0 Å². The summed E-state index contributed by atoms with van der Waals surface area (Å²) in [4.78, 5) is 4.44. The van der Waals surface area contributed by atoms with Gasteiger partial charge < -0.3 is 10.1 Å². The lowest BCUT2D eigenvalue weighted by molar-refractivity contribution is 0.369. The van der Waals surface area contributed by atoms with Gasteiger partial charge in [-0.1, -0.05) is 30.4 Å². The smallest absolute Gasteiger partial charge is 0.147 e. The summed E-state index contributed by atoms with van der Waals surface area (Å²) in [6, 6.07) is 8.49. The van der Waals surface area contributed by atoms with Crippen LogP contribution in [0.4, 0.5) is 0 Å². The van der Waals surface area contributed by atoms with Gasteiger partial charge in [0, 0.05) is 24.6 Å². The maximum Gasteiger partial charge on any atom is 0.147 e. The number of methoxy groups -OCH3 is 1. The summed E-state index contributed by atoms with van der Waals surface area (Å²) >= 11 is 0. The number of nitrogens with zero attached hydrogens (tertiary/aromatic N) is 3. The van der Waals surface area contributed by atoms with Crippen molar-refractivity contribution in [3.05, 3.63) is 47.6 Å². The molecule has 116 valence electrons. The summed E-state index contributed by atoms with van der Waals surface area (Å²) in [7, 11) is 1.70. The largest absolute Gasteiger partial charge is 0.496 e. The van der Waals surface area contributed by atoms with E-state index in [9.17, 15) is 0 Å². The highest BCUT2D eigenvalue weighted by Crippen LogP contribution is 2.18. The highest BCUT2D eigenvalue weighted by molar-refractivity contribution is 5.57. The van der Waals surface area contributed by atoms with Gasteiger partial charge in [-0.05, 0) is 19.4 Å². The summed E-state index contributed by atoms with van der Waals surface area (Å²) in [5.74, 6) is 2.88. The van der Waals surface area contributed by atoms with Gasteiger partial charge in [-0.2, -0.15) is 5.10 Å². The predicted molar refractivity (Wildman–Crippen MR) is 86.9 cm³/mol. The zero-order valence-corrected chi connectivity index (χ0v) is 13.1. The van der Waals surface area contributed by atoms with E-state index in [1.807, 2.05) is 29.8 Å². The van der Waals surface area contributed by atoms with Crippen LogP contribution in [0.5, 0.6) is 5.75 Å². The number of hydrogen-bond donors (Lipinski definition) is 1. The van der Waals surface area contributed by atoms with E-state index in [1.165, 1.54) is 0 Å². The highest BCUT2D eigenvalue weighted by atomic mass is 16.5. The first-order valence-electron chi connectivity index (χ1n) is 7.69. The Morgan fingerprint density at radius 2 is 2.27 bits per heavy atom. The third-order valence-corrected chi connectivity index (χ3v) is 3.92. The molecule has 1 aromatic carbocycles. The second-order valence-electron chi connectivity index (χ2n) is 5.55. The van der Waals surface area contributed by atoms with Crippen molar-refractivity contribution in [3.63, 3.8) is 0 Å². The molecule has 5 nitrogen and oxygen atoms in total. The predicted octanol–water partition coefficient (Wildman–Crippen LogP) is 2.21. The summed E-state index contributed by atoms with van der Waals surface area (Å²) in [5, 5.41) is 7.99. The molecule has 1 aromatic heterocycles. The maximum atomic E-state index is 5.34. The van der Waals surface area contributed by atoms with Crippen LogP contribution in [0.3, 0.4) is 0 Å². The maximum absolute atomic E-state index is 5.34. The van der Waals surface area contributed by atoms with E-state index in [1.54, 1.807) is 7.11 Å². The third-order valence-electron chi connectivity index (χ3n) is 3.92. The molecule has 2 aromatic rings. The lowest BCUT2D eigenvalue weighted by atomic mass is 10.1. The van der Waals surface area contributed by atoms with E-state index in [0.717, 1.165) is 48.9 Å². The van der Waals surface area contributed by atoms with Crippen molar-refractivity contribution in [2.24, 2.45) is 0 Å². The van der Waals surface area contributed by atoms with Gasteiger partial charge in [-0.25, -0.2) is 9.67 Å². The van der Waals surface area contributed by atoms with E-state index in [4.69, 9.17) is 4.74 Å². The second-order valence-corrected chi connectivity index (χ2v) is 5.55. The standard InChI is InChI=1S/C17H22N4O/c1-13-19-17-10-9-15(12-21(17)20-13)18-11-5-7-14-6-3-4-8-16(14)22-2/h3-8,15,18H,9-12H2,1-2H3/b7-5-/t15-/m1/s1. The molecule has 0 spiro atoms. The zero-order valence-electron chi connectivity index (χ0n) is 13.1. The normalized spacial score (nSPS) is 17.6. The van der Waals surface area contributed by atoms with Crippen LogP contribution in [0.25, 0.3) is 6.08 Å². The van der Waals surface area contributed by atoms with Gasteiger partial charge in [0.25, 0.3) is 0 Å². The van der Waals surface area contributed by atoms with E-state index in [2.05, 4.69) is 33.6 Å². The van der Waals surface area contributed by atoms with Crippen LogP contribution in [0.1, 0.15) is 23.6 Å². The molecule has 1 atom stereocenters. The number of ether oxygens (including phenoxy) is 1. The van der Waals surface area contributed by atoms with Crippen molar-refractivity contribution in [2.45, 2.75) is 32.4 Å². The third kappa shape index (κ3) is 3.36. The quantitative estimate of drug-likeness (QED) is 0.919. The van der Waals surface area contributed by atoms with Gasteiger partial charge in [-0.3, -0.25) is 0 Å². The molecule has 1 aliphatic rings. The zero-order chi connectivity index (χ0) is 15.4. The highest BCUT2D eigenvalue weighted by Gasteiger charge is 2.19. The first-order chi connectivity index (χ1) is 10.8. The van der Waals surface area contributed by atoms with Crippen molar-refractivity contribution in [2.75, 3.05) is 13.7 Å². The fourth-order valence-corrected chi connectivity index (χ4v) is 2.83. The summed E-state index contributed by atoms with van der Waals surface area (Å²) in [5.41, 5.74) is 1.10.